The maximum Gasteiger partial charge on any atom is 0.417 e. The molecule has 0 spiro atoms. The minimum Gasteiger partial charge on any atom is -0.354 e. The third kappa shape index (κ3) is 4.01. The third-order valence-electron chi connectivity index (χ3n) is 3.71. The van der Waals surface area contributed by atoms with E-state index in [1.165, 1.54) is 0 Å². The van der Waals surface area contributed by atoms with Gasteiger partial charge in [-0.1, -0.05) is 11.6 Å². The number of halogens is 4. The Balaban J connectivity index is 2.15. The lowest BCUT2D eigenvalue weighted by Crippen LogP contribution is -2.35. The summed E-state index contributed by atoms with van der Waals surface area (Å²) in [5.74, 6) is 0.440. The molecular weight excluding hydrogens is 303 g/mol. The van der Waals surface area contributed by atoms with E-state index in [-0.39, 0.29) is 5.02 Å². The van der Waals surface area contributed by atoms with Crippen LogP contribution >= 0.6 is 11.6 Å². The lowest BCUT2D eigenvalue weighted by atomic mass is 10.2. The summed E-state index contributed by atoms with van der Waals surface area (Å²) >= 11 is 6.00. The van der Waals surface area contributed by atoms with Gasteiger partial charge in [0.25, 0.3) is 0 Å². The van der Waals surface area contributed by atoms with Gasteiger partial charge in [0.05, 0.1) is 10.6 Å². The van der Waals surface area contributed by atoms with Gasteiger partial charge in [-0.05, 0) is 26.3 Å². The SMILES string of the molecule is CC(C)N1CCCN(c2ncc(C(F)(F)F)cc2Cl)CC1. The van der Waals surface area contributed by atoms with Crippen LogP contribution in [0.4, 0.5) is 19.0 Å². The van der Waals surface area contributed by atoms with Gasteiger partial charge in [0.1, 0.15) is 5.82 Å². The van der Waals surface area contributed by atoms with Crippen LogP contribution in [0.25, 0.3) is 0 Å². The minimum atomic E-state index is -4.41. The van der Waals surface area contributed by atoms with E-state index < -0.39 is 11.7 Å². The predicted octanol–water partition coefficient (Wildman–Crippen LogP) is 3.67. The Morgan fingerprint density at radius 2 is 1.90 bits per heavy atom. The number of aromatic nitrogens is 1. The summed E-state index contributed by atoms with van der Waals surface area (Å²) in [6, 6.07) is 1.41. The lowest BCUT2D eigenvalue weighted by Gasteiger charge is -2.25. The molecule has 0 saturated carbocycles. The van der Waals surface area contributed by atoms with E-state index in [9.17, 15) is 13.2 Å². The Kier molecular flexibility index (Phi) is 4.99. The monoisotopic (exact) mass is 321 g/mol. The van der Waals surface area contributed by atoms with Crippen molar-refractivity contribution in [3.8, 4) is 0 Å². The topological polar surface area (TPSA) is 19.4 Å². The molecule has 1 aliphatic rings. The first kappa shape index (κ1) is 16.4. The molecule has 0 radical (unpaired) electrons. The second kappa shape index (κ2) is 6.40. The molecule has 0 amide bonds. The fourth-order valence-corrected chi connectivity index (χ4v) is 2.77. The molecule has 1 aromatic rings. The molecule has 1 aromatic heterocycles. The van der Waals surface area contributed by atoms with Gasteiger partial charge in [0.2, 0.25) is 0 Å². The van der Waals surface area contributed by atoms with E-state index in [1.54, 1.807) is 0 Å². The van der Waals surface area contributed by atoms with E-state index in [1.807, 2.05) is 4.90 Å². The molecular formula is C14H19ClF3N3. The zero-order valence-corrected chi connectivity index (χ0v) is 12.9. The summed E-state index contributed by atoms with van der Waals surface area (Å²) < 4.78 is 37.9. The maximum atomic E-state index is 12.6. The summed E-state index contributed by atoms with van der Waals surface area (Å²) in [5.41, 5.74) is -0.810. The highest BCUT2D eigenvalue weighted by Crippen LogP contribution is 2.33. The van der Waals surface area contributed by atoms with Gasteiger partial charge in [-0.25, -0.2) is 4.98 Å². The van der Waals surface area contributed by atoms with Gasteiger partial charge in [0, 0.05) is 38.4 Å². The first-order chi connectivity index (χ1) is 9.79. The molecule has 2 heterocycles. The molecule has 3 nitrogen and oxygen atoms in total. The third-order valence-corrected chi connectivity index (χ3v) is 3.99. The second-order valence-corrected chi connectivity index (χ2v) is 5.90. The Morgan fingerprint density at radius 1 is 1.19 bits per heavy atom. The quantitative estimate of drug-likeness (QED) is 0.828. The summed E-state index contributed by atoms with van der Waals surface area (Å²) in [4.78, 5) is 8.24. The number of hydrogen-bond acceptors (Lipinski definition) is 3. The van der Waals surface area contributed by atoms with Gasteiger partial charge in [-0.15, -0.1) is 0 Å². The fourth-order valence-electron chi connectivity index (χ4n) is 2.48. The van der Waals surface area contributed by atoms with Crippen LogP contribution in [0, 0.1) is 0 Å². The van der Waals surface area contributed by atoms with Crippen molar-refractivity contribution in [3.63, 3.8) is 0 Å². The Bertz CT molecular complexity index is 491. The van der Waals surface area contributed by atoms with Crippen molar-refractivity contribution in [1.82, 2.24) is 9.88 Å². The lowest BCUT2D eigenvalue weighted by molar-refractivity contribution is -0.137. The Hall–Kier alpha value is -1.01. The number of anilines is 1. The molecule has 118 valence electrons. The van der Waals surface area contributed by atoms with E-state index in [0.29, 0.717) is 11.9 Å². The van der Waals surface area contributed by atoms with Crippen LogP contribution < -0.4 is 4.90 Å². The summed E-state index contributed by atoms with van der Waals surface area (Å²) in [6.45, 7) is 7.58. The number of nitrogens with zero attached hydrogens (tertiary/aromatic N) is 3. The normalized spacial score (nSPS) is 18.1. The molecule has 21 heavy (non-hydrogen) atoms. The second-order valence-electron chi connectivity index (χ2n) is 5.50. The van der Waals surface area contributed by atoms with Crippen molar-refractivity contribution < 1.29 is 13.2 Å². The Labute approximate surface area is 127 Å². The molecule has 1 aliphatic heterocycles. The molecule has 0 bridgehead atoms. The van der Waals surface area contributed by atoms with Crippen LogP contribution in [0.3, 0.4) is 0 Å². The van der Waals surface area contributed by atoms with Gasteiger partial charge in [0.15, 0.2) is 0 Å². The van der Waals surface area contributed by atoms with Crippen molar-refractivity contribution in [2.45, 2.75) is 32.5 Å². The van der Waals surface area contributed by atoms with Crippen molar-refractivity contribution >= 4 is 17.4 Å². The van der Waals surface area contributed by atoms with Crippen LogP contribution in [0.1, 0.15) is 25.8 Å². The maximum absolute atomic E-state index is 12.6. The van der Waals surface area contributed by atoms with Gasteiger partial charge >= 0.3 is 6.18 Å². The van der Waals surface area contributed by atoms with Gasteiger partial charge in [-0.2, -0.15) is 13.2 Å². The zero-order chi connectivity index (χ0) is 15.6. The molecule has 0 N–H and O–H groups in total. The van der Waals surface area contributed by atoms with Crippen LogP contribution in [0.15, 0.2) is 12.3 Å². The zero-order valence-electron chi connectivity index (χ0n) is 12.1. The molecule has 1 saturated heterocycles. The summed E-state index contributed by atoms with van der Waals surface area (Å²) in [7, 11) is 0. The van der Waals surface area contributed by atoms with Crippen molar-refractivity contribution in [2.75, 3.05) is 31.1 Å². The molecule has 0 atom stereocenters. The fraction of sp³-hybridized carbons (Fsp3) is 0.643. The van der Waals surface area contributed by atoms with E-state index in [2.05, 4.69) is 23.7 Å². The molecule has 1 fully saturated rings. The molecule has 0 aromatic carbocycles. The molecule has 0 unspecified atom stereocenters. The Morgan fingerprint density at radius 3 is 2.48 bits per heavy atom. The highest BCUT2D eigenvalue weighted by Gasteiger charge is 2.32. The van der Waals surface area contributed by atoms with Gasteiger partial charge < -0.3 is 4.90 Å². The van der Waals surface area contributed by atoms with E-state index >= 15 is 0 Å². The first-order valence-electron chi connectivity index (χ1n) is 7.01. The highest BCUT2D eigenvalue weighted by atomic mass is 35.5. The average Bonchev–Trinajstić information content (AvgIpc) is 2.63. The minimum absolute atomic E-state index is 0.0582. The van der Waals surface area contributed by atoms with Crippen molar-refractivity contribution in [2.24, 2.45) is 0 Å². The van der Waals surface area contributed by atoms with E-state index in [4.69, 9.17) is 11.6 Å². The van der Waals surface area contributed by atoms with Crippen LogP contribution in [0.2, 0.25) is 5.02 Å². The average molecular weight is 322 g/mol. The van der Waals surface area contributed by atoms with Gasteiger partial charge in [-0.3, -0.25) is 4.90 Å². The summed E-state index contributed by atoms with van der Waals surface area (Å²) in [6.07, 6.45) is -2.62. The van der Waals surface area contributed by atoms with Crippen molar-refractivity contribution in [1.29, 1.82) is 0 Å². The summed E-state index contributed by atoms with van der Waals surface area (Å²) in [5, 5.41) is 0.0582. The molecule has 2 rings (SSSR count). The largest absolute Gasteiger partial charge is 0.417 e. The first-order valence-corrected chi connectivity index (χ1v) is 7.38. The van der Waals surface area contributed by atoms with Crippen LogP contribution in [-0.4, -0.2) is 42.1 Å². The van der Waals surface area contributed by atoms with Crippen LogP contribution in [0.5, 0.6) is 0 Å². The predicted molar refractivity (Wildman–Crippen MR) is 77.8 cm³/mol. The number of pyridine rings is 1. The molecule has 0 aliphatic carbocycles. The number of hydrogen-bond donors (Lipinski definition) is 0. The number of rotatable bonds is 2. The van der Waals surface area contributed by atoms with Crippen LogP contribution in [-0.2, 0) is 6.18 Å². The highest BCUT2D eigenvalue weighted by molar-refractivity contribution is 6.33. The van der Waals surface area contributed by atoms with Crippen molar-refractivity contribution in [3.05, 3.63) is 22.8 Å². The smallest absolute Gasteiger partial charge is 0.354 e. The van der Waals surface area contributed by atoms with E-state index in [0.717, 1.165) is 44.9 Å². The standard InChI is InChI=1S/C14H19ClF3N3/c1-10(2)20-4-3-5-21(7-6-20)13-12(15)8-11(9-19-13)14(16,17)18/h8-10H,3-7H2,1-2H3. The number of alkyl halides is 3. The molecule has 7 heteroatoms.